The Morgan fingerprint density at radius 1 is 0.538 bits per heavy atom. The van der Waals surface area contributed by atoms with Crippen LogP contribution in [0.2, 0.25) is 0 Å². The van der Waals surface area contributed by atoms with Crippen molar-refractivity contribution in [1.82, 2.24) is 0 Å². The molecule has 0 saturated carbocycles. The number of hydrogen-bond donors (Lipinski definition) is 0. The average Bonchev–Trinajstić information content (AvgIpc) is 2.99. The molecular formula is C38H31N. The fourth-order valence-electron chi connectivity index (χ4n) is 5.51. The number of rotatable bonds is 6. The summed E-state index contributed by atoms with van der Waals surface area (Å²) in [5.41, 5.74) is 9.47. The van der Waals surface area contributed by atoms with Crippen molar-refractivity contribution in [3.63, 3.8) is 0 Å². The maximum Gasteiger partial charge on any atom is 0.0468 e. The van der Waals surface area contributed by atoms with Gasteiger partial charge in [0.2, 0.25) is 0 Å². The molecule has 0 aliphatic rings. The average molecular weight is 502 g/mol. The molecule has 188 valence electrons. The molecule has 0 spiro atoms. The van der Waals surface area contributed by atoms with Crippen LogP contribution in [0.4, 0.5) is 17.1 Å². The molecule has 0 saturated heterocycles. The van der Waals surface area contributed by atoms with Gasteiger partial charge >= 0.3 is 0 Å². The molecule has 0 radical (unpaired) electrons. The van der Waals surface area contributed by atoms with E-state index in [4.69, 9.17) is 0 Å². The van der Waals surface area contributed by atoms with Crippen molar-refractivity contribution in [2.24, 2.45) is 0 Å². The van der Waals surface area contributed by atoms with Gasteiger partial charge in [-0.15, -0.1) is 0 Å². The monoisotopic (exact) mass is 501 g/mol. The first-order valence-electron chi connectivity index (χ1n) is 13.4. The highest BCUT2D eigenvalue weighted by Crippen LogP contribution is 2.40. The number of hydrogen-bond acceptors (Lipinski definition) is 1. The minimum absolute atomic E-state index is 1.12. The van der Waals surface area contributed by atoms with Crippen molar-refractivity contribution < 1.29 is 0 Å². The maximum absolute atomic E-state index is 4.15. The highest BCUT2D eigenvalue weighted by molar-refractivity contribution is 6.15. The van der Waals surface area contributed by atoms with Crippen molar-refractivity contribution in [3.8, 4) is 11.1 Å². The van der Waals surface area contributed by atoms with E-state index in [1.807, 2.05) is 6.08 Å². The second-order valence-electron chi connectivity index (χ2n) is 9.89. The molecule has 0 aliphatic carbocycles. The Hall–Kier alpha value is -4.88. The van der Waals surface area contributed by atoms with E-state index in [-0.39, 0.29) is 0 Å². The van der Waals surface area contributed by atoms with E-state index in [1.54, 1.807) is 0 Å². The van der Waals surface area contributed by atoms with Crippen molar-refractivity contribution in [2.45, 2.75) is 13.8 Å². The molecule has 6 rings (SSSR count). The van der Waals surface area contributed by atoms with Gasteiger partial charge in [-0.25, -0.2) is 0 Å². The topological polar surface area (TPSA) is 3.24 Å². The number of fused-ring (bicyclic) bond motifs is 3. The maximum atomic E-state index is 4.15. The summed E-state index contributed by atoms with van der Waals surface area (Å²) in [6, 6.07) is 43.6. The normalized spacial score (nSPS) is 11.3. The molecule has 1 nitrogen and oxygen atoms in total. The van der Waals surface area contributed by atoms with Gasteiger partial charge in [-0.1, -0.05) is 115 Å². The van der Waals surface area contributed by atoms with Gasteiger partial charge in [-0.3, -0.25) is 0 Å². The largest absolute Gasteiger partial charge is 0.310 e. The number of aryl methyl sites for hydroxylation is 1. The molecule has 0 aromatic heterocycles. The van der Waals surface area contributed by atoms with E-state index >= 15 is 0 Å². The Balaban J connectivity index is 1.55. The van der Waals surface area contributed by atoms with Crippen molar-refractivity contribution in [2.75, 3.05) is 4.90 Å². The van der Waals surface area contributed by atoms with Crippen LogP contribution in [-0.2, 0) is 0 Å². The zero-order valence-electron chi connectivity index (χ0n) is 22.4. The zero-order chi connectivity index (χ0) is 26.8. The molecule has 6 aromatic carbocycles. The van der Waals surface area contributed by atoms with E-state index in [2.05, 4.69) is 159 Å². The summed E-state index contributed by atoms with van der Waals surface area (Å²) in [5.74, 6) is 0. The van der Waals surface area contributed by atoms with Crippen molar-refractivity contribution >= 4 is 50.8 Å². The third-order valence-corrected chi connectivity index (χ3v) is 7.41. The molecule has 0 atom stereocenters. The van der Waals surface area contributed by atoms with Crippen molar-refractivity contribution in [3.05, 3.63) is 151 Å². The summed E-state index contributed by atoms with van der Waals surface area (Å²) in [7, 11) is 0. The standard InChI is InChI=1S/C38H31N/c1-4-11-34-33(5-2)35-14-9-10-15-36(35)38-26-32(24-25-37(34)38)39(30-12-7-6-8-13-30)31-22-20-29(21-23-31)28-18-16-27(3)17-19-28/h4-26H,2H2,1,3H3/b11-4-. The fraction of sp³-hybridized carbons (Fsp3) is 0.0526. The summed E-state index contributed by atoms with van der Waals surface area (Å²) in [4.78, 5) is 2.34. The molecular weight excluding hydrogens is 470 g/mol. The molecule has 0 unspecified atom stereocenters. The predicted octanol–water partition coefficient (Wildman–Crippen LogP) is 11.1. The number of nitrogens with zero attached hydrogens (tertiary/aromatic N) is 1. The summed E-state index contributed by atoms with van der Waals surface area (Å²) in [5, 5.41) is 4.92. The van der Waals surface area contributed by atoms with Gasteiger partial charge in [0.05, 0.1) is 0 Å². The second-order valence-corrected chi connectivity index (χ2v) is 9.89. The molecule has 0 amide bonds. The Bertz CT molecular complexity index is 1810. The van der Waals surface area contributed by atoms with E-state index in [9.17, 15) is 0 Å². The van der Waals surface area contributed by atoms with Crippen LogP contribution < -0.4 is 4.90 Å². The van der Waals surface area contributed by atoms with Gasteiger partial charge in [0.1, 0.15) is 0 Å². The minimum atomic E-state index is 1.12. The lowest BCUT2D eigenvalue weighted by Crippen LogP contribution is -2.09. The molecule has 0 bridgehead atoms. The lowest BCUT2D eigenvalue weighted by molar-refractivity contribution is 1.29. The van der Waals surface area contributed by atoms with Crippen LogP contribution in [0.25, 0.3) is 44.8 Å². The van der Waals surface area contributed by atoms with Crippen molar-refractivity contribution in [1.29, 1.82) is 0 Å². The Labute approximate surface area is 231 Å². The minimum Gasteiger partial charge on any atom is -0.310 e. The quantitative estimate of drug-likeness (QED) is 0.205. The van der Waals surface area contributed by atoms with E-state index in [1.165, 1.54) is 49.4 Å². The molecule has 0 fully saturated rings. The van der Waals surface area contributed by atoms with Gasteiger partial charge in [0, 0.05) is 17.1 Å². The molecule has 0 heterocycles. The van der Waals surface area contributed by atoms with Crippen LogP contribution in [0.3, 0.4) is 0 Å². The lowest BCUT2D eigenvalue weighted by Gasteiger charge is -2.26. The SMILES string of the molecule is C=Cc1c(/C=C\C)c2ccc(N(c3ccccc3)c3ccc(-c4ccc(C)cc4)cc3)cc2c2ccccc12. The van der Waals surface area contributed by atoms with Crippen LogP contribution in [0.1, 0.15) is 23.6 Å². The number of anilines is 3. The predicted molar refractivity (Wildman–Crippen MR) is 171 cm³/mol. The van der Waals surface area contributed by atoms with Gasteiger partial charge in [-0.2, -0.15) is 0 Å². The number of benzene rings is 6. The van der Waals surface area contributed by atoms with Gasteiger partial charge < -0.3 is 4.90 Å². The lowest BCUT2D eigenvalue weighted by atomic mass is 9.91. The first-order chi connectivity index (χ1) is 19.2. The Morgan fingerprint density at radius 2 is 1.10 bits per heavy atom. The third kappa shape index (κ3) is 4.53. The second kappa shape index (κ2) is 10.5. The van der Waals surface area contributed by atoms with E-state index in [0.29, 0.717) is 0 Å². The number of allylic oxidation sites excluding steroid dienone is 1. The molecule has 39 heavy (non-hydrogen) atoms. The Kier molecular flexibility index (Phi) is 6.57. The summed E-state index contributed by atoms with van der Waals surface area (Å²) in [6.45, 7) is 8.34. The van der Waals surface area contributed by atoms with Crippen LogP contribution >= 0.6 is 0 Å². The molecule has 1 heteroatoms. The van der Waals surface area contributed by atoms with Crippen LogP contribution in [0.15, 0.2) is 134 Å². The smallest absolute Gasteiger partial charge is 0.0468 e. The number of para-hydroxylation sites is 1. The van der Waals surface area contributed by atoms with Gasteiger partial charge in [0.15, 0.2) is 0 Å². The highest BCUT2D eigenvalue weighted by Gasteiger charge is 2.16. The molecule has 0 aliphatic heterocycles. The first kappa shape index (κ1) is 24.5. The molecule has 0 N–H and O–H groups in total. The van der Waals surface area contributed by atoms with E-state index in [0.717, 1.165) is 17.1 Å². The molecule has 6 aromatic rings. The van der Waals surface area contributed by atoms with E-state index < -0.39 is 0 Å². The van der Waals surface area contributed by atoms with Crippen LogP contribution in [-0.4, -0.2) is 0 Å². The summed E-state index contributed by atoms with van der Waals surface area (Å²) >= 11 is 0. The van der Waals surface area contributed by atoms with Gasteiger partial charge in [-0.05, 0) is 94.0 Å². The summed E-state index contributed by atoms with van der Waals surface area (Å²) < 4.78 is 0. The Morgan fingerprint density at radius 3 is 1.77 bits per heavy atom. The van der Waals surface area contributed by atoms with Crippen LogP contribution in [0, 0.1) is 6.92 Å². The van der Waals surface area contributed by atoms with Gasteiger partial charge in [0.25, 0.3) is 0 Å². The first-order valence-corrected chi connectivity index (χ1v) is 13.4. The third-order valence-electron chi connectivity index (χ3n) is 7.41. The fourth-order valence-corrected chi connectivity index (χ4v) is 5.51. The zero-order valence-corrected chi connectivity index (χ0v) is 22.4. The van der Waals surface area contributed by atoms with Crippen LogP contribution in [0.5, 0.6) is 0 Å². The summed E-state index contributed by atoms with van der Waals surface area (Å²) in [6.07, 6.45) is 6.29. The highest BCUT2D eigenvalue weighted by atomic mass is 15.1.